The van der Waals surface area contributed by atoms with Crippen LogP contribution in [-0.4, -0.2) is 18.1 Å². The highest BCUT2D eigenvalue weighted by Crippen LogP contribution is 2.45. The van der Waals surface area contributed by atoms with E-state index in [4.69, 9.17) is 0 Å². The minimum Gasteiger partial charge on any atom is -0.384 e. The van der Waals surface area contributed by atoms with Crippen molar-refractivity contribution in [1.29, 1.82) is 0 Å². The molecule has 1 fully saturated rings. The summed E-state index contributed by atoms with van der Waals surface area (Å²) in [5.74, 6) is 2.66. The monoisotopic (exact) mass is 205 g/mol. The SMILES string of the molecule is c1ccc2c(c1)NCC21CCSCC1. The molecule has 1 nitrogen and oxygen atoms in total. The Morgan fingerprint density at radius 2 is 1.93 bits per heavy atom. The summed E-state index contributed by atoms with van der Waals surface area (Å²) in [4.78, 5) is 0. The summed E-state index contributed by atoms with van der Waals surface area (Å²) in [6.45, 7) is 1.16. The third-order valence-corrected chi connectivity index (χ3v) is 4.55. The summed E-state index contributed by atoms with van der Waals surface area (Å²) in [6, 6.07) is 8.83. The zero-order chi connectivity index (χ0) is 9.43. The van der Waals surface area contributed by atoms with Crippen molar-refractivity contribution in [2.45, 2.75) is 18.3 Å². The van der Waals surface area contributed by atoms with Gasteiger partial charge in [-0.05, 0) is 36.0 Å². The van der Waals surface area contributed by atoms with E-state index >= 15 is 0 Å². The van der Waals surface area contributed by atoms with Gasteiger partial charge < -0.3 is 5.32 Å². The first-order valence-electron chi connectivity index (χ1n) is 5.32. The van der Waals surface area contributed by atoms with E-state index in [0.717, 1.165) is 6.54 Å². The maximum atomic E-state index is 3.55. The van der Waals surface area contributed by atoms with E-state index in [2.05, 4.69) is 41.3 Å². The molecule has 0 radical (unpaired) electrons. The molecule has 1 aromatic carbocycles. The summed E-state index contributed by atoms with van der Waals surface area (Å²) >= 11 is 2.10. The van der Waals surface area contributed by atoms with Crippen molar-refractivity contribution in [1.82, 2.24) is 0 Å². The van der Waals surface area contributed by atoms with Crippen molar-refractivity contribution < 1.29 is 0 Å². The molecule has 2 heterocycles. The zero-order valence-electron chi connectivity index (χ0n) is 8.25. The van der Waals surface area contributed by atoms with Gasteiger partial charge in [-0.15, -0.1) is 0 Å². The smallest absolute Gasteiger partial charge is 0.0379 e. The van der Waals surface area contributed by atoms with Crippen LogP contribution in [0.1, 0.15) is 18.4 Å². The molecule has 0 saturated carbocycles. The lowest BCUT2D eigenvalue weighted by atomic mass is 9.77. The first kappa shape index (κ1) is 8.66. The molecule has 74 valence electrons. The van der Waals surface area contributed by atoms with Crippen LogP contribution in [0.3, 0.4) is 0 Å². The predicted octanol–water partition coefficient (Wildman–Crippen LogP) is 2.88. The zero-order valence-corrected chi connectivity index (χ0v) is 9.07. The molecule has 1 aromatic rings. The first-order chi connectivity index (χ1) is 6.91. The van der Waals surface area contributed by atoms with Crippen LogP contribution in [-0.2, 0) is 5.41 Å². The van der Waals surface area contributed by atoms with Gasteiger partial charge in [-0.3, -0.25) is 0 Å². The van der Waals surface area contributed by atoms with Crippen LogP contribution < -0.4 is 5.32 Å². The summed E-state index contributed by atoms with van der Waals surface area (Å²) in [7, 11) is 0. The number of rotatable bonds is 0. The highest BCUT2D eigenvalue weighted by atomic mass is 32.2. The van der Waals surface area contributed by atoms with E-state index in [1.54, 1.807) is 5.56 Å². The summed E-state index contributed by atoms with van der Waals surface area (Å²) in [6.07, 6.45) is 2.70. The Labute approximate surface area is 89.3 Å². The Morgan fingerprint density at radius 3 is 2.79 bits per heavy atom. The number of nitrogens with one attached hydrogen (secondary N) is 1. The number of hydrogen-bond donors (Lipinski definition) is 1. The van der Waals surface area contributed by atoms with Crippen molar-refractivity contribution in [2.24, 2.45) is 0 Å². The Bertz CT molecular complexity index is 336. The topological polar surface area (TPSA) is 12.0 Å². The average Bonchev–Trinajstić information content (AvgIpc) is 2.60. The van der Waals surface area contributed by atoms with Crippen LogP contribution in [0.4, 0.5) is 5.69 Å². The summed E-state index contributed by atoms with van der Waals surface area (Å²) < 4.78 is 0. The normalized spacial score (nSPS) is 23.1. The van der Waals surface area contributed by atoms with Crippen LogP contribution in [0, 0.1) is 0 Å². The van der Waals surface area contributed by atoms with Crippen molar-refractivity contribution in [2.75, 3.05) is 23.4 Å². The fourth-order valence-corrected chi connectivity index (χ4v) is 3.94. The average molecular weight is 205 g/mol. The van der Waals surface area contributed by atoms with E-state index < -0.39 is 0 Å². The molecule has 0 aliphatic carbocycles. The van der Waals surface area contributed by atoms with Crippen LogP contribution in [0.2, 0.25) is 0 Å². The lowest BCUT2D eigenvalue weighted by molar-refractivity contribution is 0.435. The Kier molecular flexibility index (Phi) is 1.98. The van der Waals surface area contributed by atoms with Gasteiger partial charge in [0, 0.05) is 17.6 Å². The minimum absolute atomic E-state index is 0.474. The number of thioether (sulfide) groups is 1. The van der Waals surface area contributed by atoms with Gasteiger partial charge in [0.25, 0.3) is 0 Å². The lowest BCUT2D eigenvalue weighted by Crippen LogP contribution is -2.32. The van der Waals surface area contributed by atoms with Crippen molar-refractivity contribution in [3.05, 3.63) is 29.8 Å². The van der Waals surface area contributed by atoms with Gasteiger partial charge in [0.2, 0.25) is 0 Å². The largest absolute Gasteiger partial charge is 0.384 e. The van der Waals surface area contributed by atoms with Crippen LogP contribution >= 0.6 is 11.8 Å². The minimum atomic E-state index is 0.474. The summed E-state index contributed by atoms with van der Waals surface area (Å²) in [5, 5.41) is 3.55. The second kappa shape index (κ2) is 3.20. The van der Waals surface area contributed by atoms with Crippen LogP contribution in [0.25, 0.3) is 0 Å². The third-order valence-electron chi connectivity index (χ3n) is 3.57. The van der Waals surface area contributed by atoms with E-state index in [0.29, 0.717) is 5.41 Å². The lowest BCUT2D eigenvalue weighted by Gasteiger charge is -2.33. The quantitative estimate of drug-likeness (QED) is 0.699. The van der Waals surface area contributed by atoms with Gasteiger partial charge in [0.05, 0.1) is 0 Å². The van der Waals surface area contributed by atoms with Gasteiger partial charge >= 0.3 is 0 Å². The fraction of sp³-hybridized carbons (Fsp3) is 0.500. The highest BCUT2D eigenvalue weighted by molar-refractivity contribution is 7.99. The fourth-order valence-electron chi connectivity index (χ4n) is 2.67. The van der Waals surface area contributed by atoms with Gasteiger partial charge in [-0.1, -0.05) is 18.2 Å². The second-order valence-corrected chi connectivity index (χ2v) is 5.52. The summed E-state index contributed by atoms with van der Waals surface area (Å²) in [5.41, 5.74) is 3.42. The standard InChI is InChI=1S/C12H15NS/c1-2-4-11-10(3-1)12(9-13-11)5-7-14-8-6-12/h1-4,13H,5-9H2. The van der Waals surface area contributed by atoms with Crippen molar-refractivity contribution >= 4 is 17.4 Å². The first-order valence-corrected chi connectivity index (χ1v) is 6.47. The van der Waals surface area contributed by atoms with Crippen molar-refractivity contribution in [3.63, 3.8) is 0 Å². The molecular formula is C12H15NS. The number of benzene rings is 1. The molecule has 2 aliphatic heterocycles. The number of para-hydroxylation sites is 1. The van der Waals surface area contributed by atoms with E-state index in [1.807, 2.05) is 0 Å². The van der Waals surface area contributed by atoms with E-state index in [9.17, 15) is 0 Å². The molecule has 0 aromatic heterocycles. The van der Waals surface area contributed by atoms with E-state index in [1.165, 1.54) is 30.0 Å². The number of hydrogen-bond acceptors (Lipinski definition) is 2. The van der Waals surface area contributed by atoms with Gasteiger partial charge in [-0.2, -0.15) is 11.8 Å². The maximum absolute atomic E-state index is 3.55. The molecular weight excluding hydrogens is 190 g/mol. The molecule has 0 amide bonds. The highest BCUT2D eigenvalue weighted by Gasteiger charge is 2.39. The molecule has 1 saturated heterocycles. The molecule has 1 N–H and O–H groups in total. The predicted molar refractivity (Wildman–Crippen MR) is 63.2 cm³/mol. The number of fused-ring (bicyclic) bond motifs is 2. The van der Waals surface area contributed by atoms with Crippen LogP contribution in [0.15, 0.2) is 24.3 Å². The molecule has 0 bridgehead atoms. The number of anilines is 1. The van der Waals surface area contributed by atoms with Gasteiger partial charge in [-0.25, -0.2) is 0 Å². The van der Waals surface area contributed by atoms with Crippen molar-refractivity contribution in [3.8, 4) is 0 Å². The molecule has 3 rings (SSSR count). The van der Waals surface area contributed by atoms with Gasteiger partial charge in [0.1, 0.15) is 0 Å². The molecule has 2 aliphatic rings. The Morgan fingerprint density at radius 1 is 1.14 bits per heavy atom. The molecule has 0 unspecified atom stereocenters. The molecule has 0 atom stereocenters. The molecule has 14 heavy (non-hydrogen) atoms. The second-order valence-electron chi connectivity index (χ2n) is 4.29. The maximum Gasteiger partial charge on any atom is 0.0379 e. The molecule has 1 spiro atoms. The Hall–Kier alpha value is -0.630. The van der Waals surface area contributed by atoms with Crippen LogP contribution in [0.5, 0.6) is 0 Å². The van der Waals surface area contributed by atoms with E-state index in [-0.39, 0.29) is 0 Å². The third kappa shape index (κ3) is 1.17. The molecule has 2 heteroatoms. The van der Waals surface area contributed by atoms with Gasteiger partial charge in [0.15, 0.2) is 0 Å². The Balaban J connectivity index is 2.03.